The van der Waals surface area contributed by atoms with Crippen LogP contribution >= 0.6 is 10.7 Å². The molecule has 1 amide bonds. The summed E-state index contributed by atoms with van der Waals surface area (Å²) in [7, 11) is 1.47. The van der Waals surface area contributed by atoms with E-state index < -0.39 is 9.05 Å². The van der Waals surface area contributed by atoms with Gasteiger partial charge in [-0.3, -0.25) is 9.89 Å². The van der Waals surface area contributed by atoms with Crippen LogP contribution in [0.15, 0.2) is 4.90 Å². The molecule has 1 aliphatic heterocycles. The first-order valence-corrected chi connectivity index (χ1v) is 9.07. The summed E-state index contributed by atoms with van der Waals surface area (Å²) >= 11 is 0. The fraction of sp³-hybridized carbons (Fsp3) is 0.667. The minimum absolute atomic E-state index is 0.0784. The average molecular weight is 320 g/mol. The Morgan fingerprint density at radius 2 is 2.00 bits per heavy atom. The zero-order chi connectivity index (χ0) is 14.8. The maximum Gasteiger partial charge on any atom is 0.275 e. The summed E-state index contributed by atoms with van der Waals surface area (Å²) in [5.41, 5.74) is 0.327. The number of amides is 1. The van der Waals surface area contributed by atoms with Gasteiger partial charge in [0.15, 0.2) is 5.69 Å². The number of hydrogen-bond donors (Lipinski definition) is 1. The Kier molecular flexibility index (Phi) is 4.70. The van der Waals surface area contributed by atoms with Gasteiger partial charge in [-0.05, 0) is 25.7 Å². The molecule has 8 heteroatoms. The number of piperidine rings is 1. The van der Waals surface area contributed by atoms with Gasteiger partial charge in [0.1, 0.15) is 4.90 Å². The summed E-state index contributed by atoms with van der Waals surface area (Å²) in [6.45, 7) is 3.19. The number of aromatic amines is 1. The third-order valence-corrected chi connectivity index (χ3v) is 4.77. The van der Waals surface area contributed by atoms with Crippen molar-refractivity contribution in [2.24, 2.45) is 0 Å². The lowest BCUT2D eigenvalue weighted by Crippen LogP contribution is -2.36. The summed E-state index contributed by atoms with van der Waals surface area (Å²) < 4.78 is 23.5. The van der Waals surface area contributed by atoms with E-state index in [0.29, 0.717) is 25.2 Å². The number of aryl methyl sites for hydroxylation is 1. The smallest absolute Gasteiger partial charge is 0.275 e. The van der Waals surface area contributed by atoms with E-state index >= 15 is 0 Å². The fourth-order valence-corrected chi connectivity index (χ4v) is 3.75. The highest BCUT2D eigenvalue weighted by atomic mass is 35.7. The molecule has 0 atom stereocenters. The first-order valence-electron chi connectivity index (χ1n) is 6.76. The highest BCUT2D eigenvalue weighted by Crippen LogP contribution is 2.25. The summed E-state index contributed by atoms with van der Waals surface area (Å²) in [6.07, 6.45) is 4.18. The van der Waals surface area contributed by atoms with E-state index in [4.69, 9.17) is 10.7 Å². The number of carbonyl (C=O) groups is 1. The summed E-state index contributed by atoms with van der Waals surface area (Å²) in [5, 5.41) is 6.54. The van der Waals surface area contributed by atoms with E-state index in [1.807, 2.05) is 6.92 Å². The topological polar surface area (TPSA) is 83.1 Å². The number of carbonyl (C=O) groups excluding carboxylic acids is 1. The second kappa shape index (κ2) is 6.13. The zero-order valence-electron chi connectivity index (χ0n) is 11.4. The summed E-state index contributed by atoms with van der Waals surface area (Å²) in [4.78, 5) is 13.9. The molecular weight excluding hydrogens is 302 g/mol. The number of aromatic nitrogens is 2. The molecule has 2 rings (SSSR count). The SMILES string of the molecule is CCCc1[nH]nc(C(=O)N2CCCCC2)c1S(=O)(=O)Cl. The normalized spacial score (nSPS) is 16.4. The van der Waals surface area contributed by atoms with Crippen LogP contribution in [0.3, 0.4) is 0 Å². The van der Waals surface area contributed by atoms with Crippen molar-refractivity contribution in [3.05, 3.63) is 11.4 Å². The Morgan fingerprint density at radius 1 is 1.35 bits per heavy atom. The van der Waals surface area contributed by atoms with Crippen LogP contribution in [0.2, 0.25) is 0 Å². The van der Waals surface area contributed by atoms with Gasteiger partial charge in [-0.1, -0.05) is 13.3 Å². The second-order valence-electron chi connectivity index (χ2n) is 4.92. The number of H-pyrrole nitrogens is 1. The Labute approximate surface area is 122 Å². The Balaban J connectivity index is 2.38. The minimum atomic E-state index is -4.00. The van der Waals surface area contributed by atoms with E-state index in [2.05, 4.69) is 10.2 Å². The molecule has 0 spiro atoms. The third-order valence-electron chi connectivity index (χ3n) is 3.38. The predicted octanol–water partition coefficient (Wildman–Crippen LogP) is 1.92. The molecule has 6 nitrogen and oxygen atoms in total. The molecular formula is C12H18ClN3O3S. The number of nitrogens with zero attached hydrogens (tertiary/aromatic N) is 2. The van der Waals surface area contributed by atoms with Gasteiger partial charge < -0.3 is 4.90 Å². The van der Waals surface area contributed by atoms with Crippen LogP contribution < -0.4 is 0 Å². The maximum atomic E-state index is 12.4. The summed E-state index contributed by atoms with van der Waals surface area (Å²) in [6, 6.07) is 0. The molecule has 1 aromatic rings. The first-order chi connectivity index (χ1) is 9.45. The van der Waals surface area contributed by atoms with Crippen LogP contribution in [0.1, 0.15) is 48.8 Å². The molecule has 0 bridgehead atoms. The largest absolute Gasteiger partial charge is 0.337 e. The molecule has 0 unspecified atom stereocenters. The maximum absolute atomic E-state index is 12.4. The average Bonchev–Trinajstić information content (AvgIpc) is 2.83. The van der Waals surface area contributed by atoms with Crippen LogP contribution in [0.5, 0.6) is 0 Å². The van der Waals surface area contributed by atoms with Crippen LogP contribution in [0, 0.1) is 0 Å². The van der Waals surface area contributed by atoms with Crippen molar-refractivity contribution < 1.29 is 13.2 Å². The van der Waals surface area contributed by atoms with Crippen LogP contribution in [0.4, 0.5) is 0 Å². The van der Waals surface area contributed by atoms with Gasteiger partial charge in [0.05, 0.1) is 5.69 Å². The van der Waals surface area contributed by atoms with Gasteiger partial charge in [0.25, 0.3) is 15.0 Å². The van der Waals surface area contributed by atoms with Crippen molar-refractivity contribution >= 4 is 25.6 Å². The monoisotopic (exact) mass is 319 g/mol. The van der Waals surface area contributed by atoms with Gasteiger partial charge in [0, 0.05) is 23.8 Å². The Hall–Kier alpha value is -1.08. The molecule has 1 N–H and O–H groups in total. The van der Waals surface area contributed by atoms with E-state index in [1.54, 1.807) is 4.90 Å². The van der Waals surface area contributed by atoms with Gasteiger partial charge in [-0.2, -0.15) is 5.10 Å². The van der Waals surface area contributed by atoms with E-state index in [0.717, 1.165) is 25.7 Å². The molecule has 1 saturated heterocycles. The van der Waals surface area contributed by atoms with Crippen molar-refractivity contribution in [3.63, 3.8) is 0 Å². The van der Waals surface area contributed by atoms with Crippen LogP contribution in [-0.2, 0) is 15.5 Å². The number of hydrogen-bond acceptors (Lipinski definition) is 4. The number of nitrogens with one attached hydrogen (secondary N) is 1. The second-order valence-corrected chi connectivity index (χ2v) is 7.42. The van der Waals surface area contributed by atoms with Gasteiger partial charge in [0.2, 0.25) is 0 Å². The lowest BCUT2D eigenvalue weighted by molar-refractivity contribution is 0.0714. The predicted molar refractivity (Wildman–Crippen MR) is 75.4 cm³/mol. The van der Waals surface area contributed by atoms with Gasteiger partial charge >= 0.3 is 0 Å². The molecule has 1 aliphatic rings. The number of likely N-dealkylation sites (tertiary alicyclic amines) is 1. The molecule has 0 saturated carbocycles. The first kappa shape index (κ1) is 15.3. The molecule has 20 heavy (non-hydrogen) atoms. The molecule has 1 fully saturated rings. The fourth-order valence-electron chi connectivity index (χ4n) is 2.44. The standard InChI is InChI=1S/C12H18ClN3O3S/c1-2-6-9-11(20(13,18)19)10(15-14-9)12(17)16-7-4-3-5-8-16/h2-8H2,1H3,(H,14,15). The van der Waals surface area contributed by atoms with Crippen molar-refractivity contribution in [2.45, 2.75) is 43.9 Å². The van der Waals surface area contributed by atoms with Crippen molar-refractivity contribution in [2.75, 3.05) is 13.1 Å². The van der Waals surface area contributed by atoms with Crippen LogP contribution in [-0.4, -0.2) is 42.5 Å². The molecule has 0 aromatic carbocycles. The Bertz CT molecular complexity index is 591. The number of rotatable bonds is 4. The van der Waals surface area contributed by atoms with E-state index in [9.17, 15) is 13.2 Å². The van der Waals surface area contributed by atoms with Gasteiger partial charge in [-0.15, -0.1) is 0 Å². The van der Waals surface area contributed by atoms with Crippen molar-refractivity contribution in [1.82, 2.24) is 15.1 Å². The lowest BCUT2D eigenvalue weighted by Gasteiger charge is -2.26. The molecule has 1 aromatic heterocycles. The summed E-state index contributed by atoms with van der Waals surface area (Å²) in [5.74, 6) is -0.359. The van der Waals surface area contributed by atoms with Crippen molar-refractivity contribution in [1.29, 1.82) is 0 Å². The molecule has 2 heterocycles. The van der Waals surface area contributed by atoms with Crippen LogP contribution in [0.25, 0.3) is 0 Å². The van der Waals surface area contributed by atoms with E-state index in [-0.39, 0.29) is 16.5 Å². The highest BCUT2D eigenvalue weighted by Gasteiger charge is 2.31. The van der Waals surface area contributed by atoms with Gasteiger partial charge in [-0.25, -0.2) is 8.42 Å². The molecule has 0 aliphatic carbocycles. The highest BCUT2D eigenvalue weighted by molar-refractivity contribution is 8.13. The minimum Gasteiger partial charge on any atom is -0.337 e. The zero-order valence-corrected chi connectivity index (χ0v) is 12.9. The van der Waals surface area contributed by atoms with Crippen molar-refractivity contribution in [3.8, 4) is 0 Å². The Morgan fingerprint density at radius 3 is 2.55 bits per heavy atom. The molecule has 112 valence electrons. The quantitative estimate of drug-likeness (QED) is 0.859. The molecule has 0 radical (unpaired) electrons. The number of halogens is 1. The van der Waals surface area contributed by atoms with E-state index in [1.165, 1.54) is 0 Å². The lowest BCUT2D eigenvalue weighted by atomic mass is 10.1. The third kappa shape index (κ3) is 3.15.